The van der Waals surface area contributed by atoms with Gasteiger partial charge in [0.05, 0.1) is 18.2 Å². The zero-order chi connectivity index (χ0) is 26.3. The Balaban J connectivity index is 1.35. The number of rotatable bonds is 7. The Hall–Kier alpha value is -4.52. The van der Waals surface area contributed by atoms with E-state index in [2.05, 4.69) is 22.1 Å². The molecule has 0 spiro atoms. The lowest BCUT2D eigenvalue weighted by Crippen LogP contribution is -2.38. The molecule has 0 aliphatic carbocycles. The lowest BCUT2D eigenvalue weighted by atomic mass is 10.0. The highest BCUT2D eigenvalue weighted by Gasteiger charge is 2.31. The van der Waals surface area contributed by atoms with Crippen molar-refractivity contribution in [1.82, 2.24) is 9.47 Å². The molecule has 2 heterocycles. The SMILES string of the molecule is CCOC(=O)c1ccc(NC(=O)N2CCCn3cccc3C2c2ccc(OCc3ccccc3)cc2)cc1. The molecule has 0 fully saturated rings. The first kappa shape index (κ1) is 25.1. The Morgan fingerprint density at radius 1 is 0.895 bits per heavy atom. The van der Waals surface area contributed by atoms with Crippen LogP contribution in [0.4, 0.5) is 10.5 Å². The standard InChI is InChI=1S/C31H31N3O4/c1-2-37-30(35)25-11-15-26(16-12-25)32-31(36)34-21-7-20-33-19-6-10-28(33)29(34)24-13-17-27(18-14-24)38-22-23-8-4-3-5-9-23/h3-6,8-19,29H,2,7,20-22H2,1H3,(H,32,36). The van der Waals surface area contributed by atoms with Crippen molar-refractivity contribution in [2.75, 3.05) is 18.5 Å². The molecule has 7 nitrogen and oxygen atoms in total. The maximum absolute atomic E-state index is 13.6. The molecular formula is C31H31N3O4. The maximum atomic E-state index is 13.6. The lowest BCUT2D eigenvalue weighted by molar-refractivity contribution is 0.0526. The molecule has 0 radical (unpaired) electrons. The van der Waals surface area contributed by atoms with Crippen LogP contribution in [-0.4, -0.2) is 34.6 Å². The third kappa shape index (κ3) is 5.72. The summed E-state index contributed by atoms with van der Waals surface area (Å²) in [5.74, 6) is 0.397. The summed E-state index contributed by atoms with van der Waals surface area (Å²) in [5.41, 5.74) is 4.24. The molecule has 0 saturated heterocycles. The Labute approximate surface area is 222 Å². The first-order chi connectivity index (χ1) is 18.6. The predicted octanol–water partition coefficient (Wildman–Crippen LogP) is 6.27. The third-order valence-electron chi connectivity index (χ3n) is 6.61. The van der Waals surface area contributed by atoms with Gasteiger partial charge in [0.2, 0.25) is 0 Å². The normalized spacial score (nSPS) is 14.8. The summed E-state index contributed by atoms with van der Waals surface area (Å²) < 4.78 is 13.2. The predicted molar refractivity (Wildman–Crippen MR) is 146 cm³/mol. The number of urea groups is 1. The molecule has 1 aromatic heterocycles. The van der Waals surface area contributed by atoms with Crippen LogP contribution in [0.15, 0.2) is 97.2 Å². The molecule has 1 aliphatic rings. The van der Waals surface area contributed by atoms with Gasteiger partial charge in [0.25, 0.3) is 0 Å². The number of nitrogens with one attached hydrogen (secondary N) is 1. The number of aromatic nitrogens is 1. The largest absolute Gasteiger partial charge is 0.489 e. The minimum absolute atomic E-state index is 0.196. The molecule has 7 heteroatoms. The number of amides is 2. The smallest absolute Gasteiger partial charge is 0.338 e. The van der Waals surface area contributed by atoms with Crippen molar-refractivity contribution in [3.8, 4) is 5.75 Å². The van der Waals surface area contributed by atoms with E-state index in [9.17, 15) is 9.59 Å². The summed E-state index contributed by atoms with van der Waals surface area (Å²) in [7, 11) is 0. The first-order valence-corrected chi connectivity index (χ1v) is 12.9. The zero-order valence-corrected chi connectivity index (χ0v) is 21.4. The third-order valence-corrected chi connectivity index (χ3v) is 6.61. The minimum atomic E-state index is -0.380. The van der Waals surface area contributed by atoms with Crippen molar-refractivity contribution in [3.05, 3.63) is 120 Å². The monoisotopic (exact) mass is 509 g/mol. The van der Waals surface area contributed by atoms with E-state index in [-0.39, 0.29) is 18.0 Å². The maximum Gasteiger partial charge on any atom is 0.338 e. The number of fused-ring (bicyclic) bond motifs is 1. The fourth-order valence-electron chi connectivity index (χ4n) is 4.74. The molecule has 1 atom stereocenters. The van der Waals surface area contributed by atoms with Gasteiger partial charge < -0.3 is 24.3 Å². The number of carbonyl (C=O) groups excluding carboxylic acids is 2. The fourth-order valence-corrected chi connectivity index (χ4v) is 4.74. The molecule has 1 unspecified atom stereocenters. The lowest BCUT2D eigenvalue weighted by Gasteiger charge is -2.31. The van der Waals surface area contributed by atoms with Crippen LogP contribution in [0.25, 0.3) is 0 Å². The van der Waals surface area contributed by atoms with Crippen molar-refractivity contribution in [2.45, 2.75) is 32.5 Å². The highest BCUT2D eigenvalue weighted by molar-refractivity contribution is 5.92. The van der Waals surface area contributed by atoms with Gasteiger partial charge in [-0.3, -0.25) is 0 Å². The molecule has 4 aromatic rings. The molecule has 38 heavy (non-hydrogen) atoms. The molecule has 3 aromatic carbocycles. The van der Waals surface area contributed by atoms with Crippen molar-refractivity contribution < 1.29 is 19.1 Å². The number of carbonyl (C=O) groups is 2. The Morgan fingerprint density at radius 3 is 2.39 bits per heavy atom. The van der Waals surface area contributed by atoms with Crippen LogP contribution in [0.2, 0.25) is 0 Å². The summed E-state index contributed by atoms with van der Waals surface area (Å²) >= 11 is 0. The topological polar surface area (TPSA) is 72.8 Å². The number of ether oxygens (including phenoxy) is 2. The molecular weight excluding hydrogens is 478 g/mol. The zero-order valence-electron chi connectivity index (χ0n) is 21.4. The first-order valence-electron chi connectivity index (χ1n) is 12.9. The van der Waals surface area contributed by atoms with Gasteiger partial charge in [-0.15, -0.1) is 0 Å². The van der Waals surface area contributed by atoms with Gasteiger partial charge in [0, 0.05) is 30.7 Å². The molecule has 2 amide bonds. The quantitative estimate of drug-likeness (QED) is 0.298. The summed E-state index contributed by atoms with van der Waals surface area (Å²) in [4.78, 5) is 27.4. The Morgan fingerprint density at radius 2 is 1.66 bits per heavy atom. The summed E-state index contributed by atoms with van der Waals surface area (Å²) in [6.07, 6.45) is 2.90. The molecule has 1 N–H and O–H groups in total. The van der Waals surface area contributed by atoms with E-state index in [4.69, 9.17) is 9.47 Å². The van der Waals surface area contributed by atoms with Crippen LogP contribution in [0.1, 0.15) is 46.6 Å². The number of anilines is 1. The highest BCUT2D eigenvalue weighted by Crippen LogP contribution is 2.33. The molecule has 0 bridgehead atoms. The average molecular weight is 510 g/mol. The summed E-state index contributed by atoms with van der Waals surface area (Å²) in [5, 5.41) is 3.01. The fraction of sp³-hybridized carbons (Fsp3) is 0.226. The van der Waals surface area contributed by atoms with Crippen molar-refractivity contribution in [2.24, 2.45) is 0 Å². The van der Waals surface area contributed by atoms with Gasteiger partial charge >= 0.3 is 12.0 Å². The van der Waals surface area contributed by atoms with Crippen LogP contribution in [-0.2, 0) is 17.9 Å². The number of benzene rings is 3. The summed E-state index contributed by atoms with van der Waals surface area (Å²) in [6.45, 7) is 4.03. The van der Waals surface area contributed by atoms with Crippen LogP contribution >= 0.6 is 0 Å². The van der Waals surface area contributed by atoms with E-state index in [1.165, 1.54) is 0 Å². The van der Waals surface area contributed by atoms with Crippen molar-refractivity contribution >= 4 is 17.7 Å². The minimum Gasteiger partial charge on any atom is -0.489 e. The van der Waals surface area contributed by atoms with Gasteiger partial charge in [0.15, 0.2) is 0 Å². The van der Waals surface area contributed by atoms with Crippen LogP contribution in [0.5, 0.6) is 5.75 Å². The van der Waals surface area contributed by atoms with Gasteiger partial charge in [-0.1, -0.05) is 42.5 Å². The van der Waals surface area contributed by atoms with E-state index in [1.54, 1.807) is 31.2 Å². The number of aryl methyl sites for hydroxylation is 1. The molecule has 194 valence electrons. The second-order valence-electron chi connectivity index (χ2n) is 9.15. The molecule has 5 rings (SSSR count). The number of esters is 1. The van der Waals surface area contributed by atoms with E-state index in [0.717, 1.165) is 35.5 Å². The van der Waals surface area contributed by atoms with Gasteiger partial charge in [0.1, 0.15) is 12.4 Å². The van der Waals surface area contributed by atoms with Crippen molar-refractivity contribution in [3.63, 3.8) is 0 Å². The van der Waals surface area contributed by atoms with Gasteiger partial charge in [-0.05, 0) is 73.0 Å². The Kier molecular flexibility index (Phi) is 7.73. The van der Waals surface area contributed by atoms with E-state index < -0.39 is 0 Å². The van der Waals surface area contributed by atoms with E-state index >= 15 is 0 Å². The average Bonchev–Trinajstić information content (AvgIpc) is 3.33. The Bertz CT molecular complexity index is 1360. The molecule has 0 saturated carbocycles. The number of hydrogen-bond donors (Lipinski definition) is 1. The van der Waals surface area contributed by atoms with Gasteiger partial charge in [-0.25, -0.2) is 9.59 Å². The van der Waals surface area contributed by atoms with Gasteiger partial charge in [-0.2, -0.15) is 0 Å². The highest BCUT2D eigenvalue weighted by atomic mass is 16.5. The van der Waals surface area contributed by atoms with Crippen LogP contribution in [0.3, 0.4) is 0 Å². The van der Waals surface area contributed by atoms with Crippen LogP contribution < -0.4 is 10.1 Å². The van der Waals surface area contributed by atoms with Crippen molar-refractivity contribution in [1.29, 1.82) is 0 Å². The second kappa shape index (κ2) is 11.7. The van der Waals surface area contributed by atoms with Crippen LogP contribution in [0, 0.1) is 0 Å². The number of nitrogens with zero attached hydrogens (tertiary/aromatic N) is 2. The summed E-state index contributed by atoms with van der Waals surface area (Å²) in [6, 6.07) is 28.4. The number of hydrogen-bond acceptors (Lipinski definition) is 4. The molecule has 1 aliphatic heterocycles. The van der Waals surface area contributed by atoms with E-state index in [0.29, 0.717) is 31.0 Å². The van der Waals surface area contributed by atoms with E-state index in [1.807, 2.05) is 65.6 Å². The second-order valence-corrected chi connectivity index (χ2v) is 9.15.